The number of nitrogens with zero attached hydrogens (tertiary/aromatic N) is 1. The minimum atomic E-state index is -2.85. The largest absolute Gasteiger partial charge is 0.435 e. The second-order valence-electron chi connectivity index (χ2n) is 8.58. The zero-order valence-corrected chi connectivity index (χ0v) is 20.0. The monoisotopic (exact) mass is 493 g/mol. The fourth-order valence-corrected chi connectivity index (χ4v) is 4.47. The van der Waals surface area contributed by atoms with Gasteiger partial charge in [0.25, 0.3) is 5.91 Å². The Morgan fingerprint density at radius 1 is 1.19 bits per heavy atom. The molecule has 0 radical (unpaired) electrons. The normalized spacial score (nSPS) is 19.6. The van der Waals surface area contributed by atoms with Gasteiger partial charge in [-0.1, -0.05) is 30.4 Å². The summed E-state index contributed by atoms with van der Waals surface area (Å²) in [5.74, 6) is 0.0727. The zero-order valence-electron chi connectivity index (χ0n) is 20.0. The third kappa shape index (κ3) is 6.07. The molecule has 2 aromatic carbocycles. The van der Waals surface area contributed by atoms with E-state index in [4.69, 9.17) is 4.99 Å². The Morgan fingerprint density at radius 3 is 2.72 bits per heavy atom. The molecule has 1 unspecified atom stereocenters. The van der Waals surface area contributed by atoms with E-state index < -0.39 is 6.61 Å². The smallest absolute Gasteiger partial charge is 0.387 e. The Hall–Kier alpha value is -3.78. The molecule has 36 heavy (non-hydrogen) atoms. The van der Waals surface area contributed by atoms with E-state index in [0.29, 0.717) is 12.0 Å². The summed E-state index contributed by atoms with van der Waals surface area (Å²) in [7, 11) is 1.58. The lowest BCUT2D eigenvalue weighted by molar-refractivity contribution is -0.0498. The summed E-state index contributed by atoms with van der Waals surface area (Å²) in [5, 5.41) is 15.6. The molecule has 3 N–H and O–H groups in total. The molecule has 1 aliphatic carbocycles. The molecule has 188 valence electrons. The van der Waals surface area contributed by atoms with Crippen LogP contribution in [0.15, 0.2) is 77.6 Å². The number of aliphatic imine (C=N–C) groups is 1. The first kappa shape index (κ1) is 25.3. The highest BCUT2D eigenvalue weighted by molar-refractivity contribution is 6.06. The summed E-state index contributed by atoms with van der Waals surface area (Å²) in [6, 6.07) is 12.1. The number of halogens is 2. The standard InChI is InChI=1S/C28H29F2N3O3/c1-31-27(35)24-12-9-22(16-19(24)13-14-34)33-25-6-4-2-3-5-20-15-21(17-32-26(20)25)18-7-10-23(11-8-18)36-28(29)30/h2-3,6-12,16-17,20,28,33-34H,4-5,13-15H2,1H3,(H,31,35)/b3-2-,25-6-. The van der Waals surface area contributed by atoms with Gasteiger partial charge in [0.05, 0.1) is 11.4 Å². The molecule has 2 aliphatic rings. The Bertz CT molecular complexity index is 1220. The zero-order chi connectivity index (χ0) is 25.5. The molecule has 0 spiro atoms. The van der Waals surface area contributed by atoms with Crippen molar-refractivity contribution >= 4 is 22.9 Å². The summed E-state index contributed by atoms with van der Waals surface area (Å²) in [4.78, 5) is 17.0. The number of carbonyl (C=O) groups excluding carboxylic acids is 1. The van der Waals surface area contributed by atoms with Crippen LogP contribution >= 0.6 is 0 Å². The number of carbonyl (C=O) groups is 1. The van der Waals surface area contributed by atoms with Crippen molar-refractivity contribution in [3.05, 3.63) is 89.3 Å². The average molecular weight is 494 g/mol. The number of benzene rings is 2. The first-order valence-electron chi connectivity index (χ1n) is 11.9. The Balaban J connectivity index is 1.60. The van der Waals surface area contributed by atoms with Crippen molar-refractivity contribution < 1.29 is 23.4 Å². The molecule has 0 fully saturated rings. The maximum atomic E-state index is 12.5. The first-order chi connectivity index (χ1) is 17.5. The molecule has 8 heteroatoms. The molecule has 1 amide bonds. The van der Waals surface area contributed by atoms with Crippen LogP contribution in [0.5, 0.6) is 5.75 Å². The van der Waals surface area contributed by atoms with Gasteiger partial charge in [-0.25, -0.2) is 0 Å². The van der Waals surface area contributed by atoms with Crippen molar-refractivity contribution in [1.82, 2.24) is 5.32 Å². The number of fused-ring (bicyclic) bond motifs is 1. The minimum Gasteiger partial charge on any atom is -0.435 e. The number of ether oxygens (including phenoxy) is 1. The number of allylic oxidation sites excluding steroid dienone is 5. The van der Waals surface area contributed by atoms with Crippen LogP contribution in [0.1, 0.15) is 40.7 Å². The van der Waals surface area contributed by atoms with Gasteiger partial charge in [0.15, 0.2) is 0 Å². The van der Waals surface area contributed by atoms with Gasteiger partial charge in [0.2, 0.25) is 0 Å². The van der Waals surface area contributed by atoms with E-state index in [0.717, 1.165) is 53.1 Å². The number of rotatable bonds is 8. The number of aliphatic hydroxyl groups is 1. The molecule has 0 saturated carbocycles. The fourth-order valence-electron chi connectivity index (χ4n) is 4.47. The lowest BCUT2D eigenvalue weighted by Crippen LogP contribution is -2.24. The van der Waals surface area contributed by atoms with E-state index in [1.54, 1.807) is 37.4 Å². The number of amides is 1. The van der Waals surface area contributed by atoms with Crippen LogP contribution in [0, 0.1) is 5.92 Å². The van der Waals surface area contributed by atoms with Gasteiger partial charge in [-0.2, -0.15) is 8.78 Å². The number of nitrogens with one attached hydrogen (secondary N) is 2. The molecule has 1 aliphatic heterocycles. The maximum absolute atomic E-state index is 12.5. The number of aliphatic hydroxyl groups excluding tert-OH is 1. The minimum absolute atomic E-state index is 0.0570. The first-order valence-corrected chi connectivity index (χ1v) is 11.9. The number of alkyl halides is 2. The average Bonchev–Trinajstić information content (AvgIpc) is 2.86. The SMILES string of the molecule is CNC(=O)c1ccc(N/C2=C\C/C=C\CC3CC(c4ccc(OC(F)F)cc4)=CN=C23)cc1CCO. The molecule has 4 rings (SSSR count). The van der Waals surface area contributed by atoms with E-state index in [1.165, 1.54) is 0 Å². The van der Waals surface area contributed by atoms with Gasteiger partial charge in [-0.3, -0.25) is 9.79 Å². The molecular formula is C28H29F2N3O3. The van der Waals surface area contributed by atoms with Crippen LogP contribution in [-0.4, -0.2) is 37.0 Å². The Labute approximate surface area is 209 Å². The van der Waals surface area contributed by atoms with Gasteiger partial charge in [-0.15, -0.1) is 0 Å². The van der Waals surface area contributed by atoms with Crippen LogP contribution in [0.2, 0.25) is 0 Å². The highest BCUT2D eigenvalue weighted by atomic mass is 19.3. The molecular weight excluding hydrogens is 464 g/mol. The van der Waals surface area contributed by atoms with E-state index >= 15 is 0 Å². The van der Waals surface area contributed by atoms with Crippen LogP contribution in [0.4, 0.5) is 14.5 Å². The fraction of sp³-hybridized carbons (Fsp3) is 0.286. The Morgan fingerprint density at radius 2 is 2.00 bits per heavy atom. The van der Waals surface area contributed by atoms with Crippen molar-refractivity contribution in [3.8, 4) is 5.75 Å². The third-order valence-corrected chi connectivity index (χ3v) is 6.22. The lowest BCUT2D eigenvalue weighted by atomic mass is 9.84. The second kappa shape index (κ2) is 11.8. The second-order valence-corrected chi connectivity index (χ2v) is 8.58. The highest BCUT2D eigenvalue weighted by Gasteiger charge is 2.25. The topological polar surface area (TPSA) is 83.0 Å². The molecule has 1 heterocycles. The molecule has 0 saturated heterocycles. The Kier molecular flexibility index (Phi) is 8.28. The summed E-state index contributed by atoms with van der Waals surface area (Å²) >= 11 is 0. The van der Waals surface area contributed by atoms with Gasteiger partial charge >= 0.3 is 6.61 Å². The molecule has 2 aromatic rings. The lowest BCUT2D eigenvalue weighted by Gasteiger charge is -2.27. The van der Waals surface area contributed by atoms with Crippen molar-refractivity contribution in [3.63, 3.8) is 0 Å². The number of anilines is 1. The predicted molar refractivity (Wildman–Crippen MR) is 137 cm³/mol. The van der Waals surface area contributed by atoms with Crippen molar-refractivity contribution in [1.29, 1.82) is 0 Å². The number of hydrogen-bond donors (Lipinski definition) is 3. The molecule has 6 nitrogen and oxygen atoms in total. The van der Waals surface area contributed by atoms with Gasteiger partial charge < -0.3 is 20.5 Å². The van der Waals surface area contributed by atoms with Crippen molar-refractivity contribution in [2.75, 3.05) is 19.0 Å². The predicted octanol–water partition coefficient (Wildman–Crippen LogP) is 5.33. The molecule has 0 aromatic heterocycles. The van der Waals surface area contributed by atoms with E-state index in [2.05, 4.69) is 33.6 Å². The summed E-state index contributed by atoms with van der Waals surface area (Å²) in [6.07, 6.45) is 10.9. The van der Waals surface area contributed by atoms with E-state index in [1.807, 2.05) is 18.3 Å². The van der Waals surface area contributed by atoms with Gasteiger partial charge in [-0.05, 0) is 72.7 Å². The van der Waals surface area contributed by atoms with Gasteiger partial charge in [0.1, 0.15) is 5.75 Å². The van der Waals surface area contributed by atoms with E-state index in [9.17, 15) is 18.7 Å². The summed E-state index contributed by atoms with van der Waals surface area (Å²) in [5.41, 5.74) is 5.91. The van der Waals surface area contributed by atoms with Crippen LogP contribution in [0.25, 0.3) is 5.57 Å². The van der Waals surface area contributed by atoms with Crippen LogP contribution in [0.3, 0.4) is 0 Å². The highest BCUT2D eigenvalue weighted by Crippen LogP contribution is 2.34. The summed E-state index contributed by atoms with van der Waals surface area (Å²) in [6.45, 7) is -2.91. The van der Waals surface area contributed by atoms with Gasteiger partial charge in [0, 0.05) is 37.0 Å². The summed E-state index contributed by atoms with van der Waals surface area (Å²) < 4.78 is 29.4. The molecule has 1 atom stereocenters. The quantitative estimate of drug-likeness (QED) is 0.434. The van der Waals surface area contributed by atoms with Crippen molar-refractivity contribution in [2.24, 2.45) is 10.9 Å². The number of hydrogen-bond acceptors (Lipinski definition) is 5. The third-order valence-electron chi connectivity index (χ3n) is 6.22. The van der Waals surface area contributed by atoms with E-state index in [-0.39, 0.29) is 24.2 Å². The van der Waals surface area contributed by atoms with Crippen LogP contribution in [-0.2, 0) is 6.42 Å². The van der Waals surface area contributed by atoms with Crippen molar-refractivity contribution in [2.45, 2.75) is 32.3 Å². The molecule has 0 bridgehead atoms. The maximum Gasteiger partial charge on any atom is 0.387 e. The van der Waals surface area contributed by atoms with Crippen LogP contribution < -0.4 is 15.4 Å².